The van der Waals surface area contributed by atoms with Gasteiger partial charge in [-0.25, -0.2) is 0 Å². The third-order valence-corrected chi connectivity index (χ3v) is 3.48. The summed E-state index contributed by atoms with van der Waals surface area (Å²) >= 11 is 11.5. The highest BCUT2D eigenvalue weighted by Crippen LogP contribution is 2.35. The number of nitrogens with zero attached hydrogens (tertiary/aromatic N) is 1. The molecule has 0 amide bonds. The van der Waals surface area contributed by atoms with E-state index in [1.807, 2.05) is 0 Å². The van der Waals surface area contributed by atoms with Crippen LogP contribution in [0.1, 0.15) is 22.7 Å². The summed E-state index contributed by atoms with van der Waals surface area (Å²) in [5.74, 6) is -2.57. The Morgan fingerprint density at radius 1 is 1.18 bits per heavy atom. The second kappa shape index (κ2) is 6.14. The van der Waals surface area contributed by atoms with Crippen LogP contribution >= 0.6 is 23.2 Å². The number of benzene rings is 1. The van der Waals surface area contributed by atoms with E-state index < -0.39 is 23.6 Å². The van der Waals surface area contributed by atoms with Gasteiger partial charge in [-0.1, -0.05) is 35.3 Å². The molecule has 0 aliphatic rings. The first kappa shape index (κ1) is 16.6. The van der Waals surface area contributed by atoms with Gasteiger partial charge in [-0.2, -0.15) is 13.2 Å². The molecule has 0 radical (unpaired) electrons. The van der Waals surface area contributed by atoms with Crippen LogP contribution in [0.15, 0.2) is 36.5 Å². The molecule has 1 heterocycles. The zero-order chi connectivity index (χ0) is 16.5. The summed E-state index contributed by atoms with van der Waals surface area (Å²) in [6, 6.07) is 6.53. The molecule has 0 saturated heterocycles. The van der Waals surface area contributed by atoms with E-state index in [1.54, 1.807) is 0 Å². The lowest BCUT2D eigenvalue weighted by atomic mass is 9.95. The first-order chi connectivity index (χ1) is 10.2. The smallest absolute Gasteiger partial charge is 0.417 e. The molecule has 1 unspecified atom stereocenters. The number of rotatable bonds is 3. The van der Waals surface area contributed by atoms with E-state index in [9.17, 15) is 23.1 Å². The summed E-state index contributed by atoms with van der Waals surface area (Å²) < 4.78 is 37.8. The fourth-order valence-electron chi connectivity index (χ4n) is 1.89. The van der Waals surface area contributed by atoms with Gasteiger partial charge in [-0.15, -0.1) is 0 Å². The van der Waals surface area contributed by atoms with Crippen molar-refractivity contribution in [3.8, 4) is 0 Å². The molecule has 22 heavy (non-hydrogen) atoms. The molecule has 0 spiro atoms. The molecule has 0 aliphatic carbocycles. The normalized spacial score (nSPS) is 13.0. The molecule has 116 valence electrons. The van der Waals surface area contributed by atoms with E-state index in [2.05, 4.69) is 4.98 Å². The fourth-order valence-corrected chi connectivity index (χ4v) is 2.29. The van der Waals surface area contributed by atoms with Crippen molar-refractivity contribution in [2.24, 2.45) is 0 Å². The molecule has 1 aromatic carbocycles. The van der Waals surface area contributed by atoms with Crippen LogP contribution in [0.4, 0.5) is 13.2 Å². The molecule has 0 bridgehead atoms. The number of carboxylic acids is 1. The molecule has 2 rings (SSSR count). The lowest BCUT2D eigenvalue weighted by molar-refractivity contribution is -0.138. The van der Waals surface area contributed by atoms with Crippen molar-refractivity contribution in [3.63, 3.8) is 0 Å². The van der Waals surface area contributed by atoms with Crippen molar-refractivity contribution in [1.29, 1.82) is 0 Å². The zero-order valence-corrected chi connectivity index (χ0v) is 12.2. The summed E-state index contributed by atoms with van der Waals surface area (Å²) in [6.45, 7) is 0. The Morgan fingerprint density at radius 3 is 2.23 bits per heavy atom. The van der Waals surface area contributed by atoms with Gasteiger partial charge in [0.2, 0.25) is 0 Å². The van der Waals surface area contributed by atoms with Crippen LogP contribution < -0.4 is 0 Å². The maximum absolute atomic E-state index is 12.6. The highest BCUT2D eigenvalue weighted by atomic mass is 35.5. The summed E-state index contributed by atoms with van der Waals surface area (Å²) in [4.78, 5) is 15.1. The summed E-state index contributed by atoms with van der Waals surface area (Å²) in [5.41, 5.74) is -0.892. The lowest BCUT2D eigenvalue weighted by Gasteiger charge is -2.15. The number of alkyl halides is 3. The summed E-state index contributed by atoms with van der Waals surface area (Å²) in [6.07, 6.45) is -4.04. The first-order valence-electron chi connectivity index (χ1n) is 5.91. The largest absolute Gasteiger partial charge is 0.480 e. The first-order valence-corrected chi connectivity index (χ1v) is 6.66. The molecule has 3 nitrogen and oxygen atoms in total. The quantitative estimate of drug-likeness (QED) is 0.879. The fraction of sp³-hybridized carbons (Fsp3) is 0.143. The Morgan fingerprint density at radius 2 is 1.77 bits per heavy atom. The van der Waals surface area contributed by atoms with Gasteiger partial charge in [0.1, 0.15) is 5.92 Å². The zero-order valence-electron chi connectivity index (χ0n) is 10.7. The van der Waals surface area contributed by atoms with Crippen LogP contribution in [0.25, 0.3) is 0 Å². The molecule has 0 aliphatic heterocycles. The minimum absolute atomic E-state index is 0.163. The number of hydrogen-bond acceptors (Lipinski definition) is 2. The minimum atomic E-state index is -4.60. The van der Waals surface area contributed by atoms with Gasteiger partial charge in [-0.05, 0) is 23.8 Å². The van der Waals surface area contributed by atoms with Crippen molar-refractivity contribution < 1.29 is 23.1 Å². The van der Waals surface area contributed by atoms with Crippen LogP contribution in [0.2, 0.25) is 10.0 Å². The number of aromatic nitrogens is 1. The number of halogens is 5. The van der Waals surface area contributed by atoms with Crippen LogP contribution in [-0.2, 0) is 11.0 Å². The highest BCUT2D eigenvalue weighted by Gasteiger charge is 2.33. The van der Waals surface area contributed by atoms with Gasteiger partial charge in [0.25, 0.3) is 0 Å². The van der Waals surface area contributed by atoms with Gasteiger partial charge in [-0.3, -0.25) is 9.78 Å². The van der Waals surface area contributed by atoms with Gasteiger partial charge in [0.05, 0.1) is 16.3 Å². The predicted octanol–water partition coefficient (Wildman–Crippen LogP) is 4.62. The van der Waals surface area contributed by atoms with Crippen molar-refractivity contribution in [2.45, 2.75) is 12.1 Å². The SMILES string of the molecule is O=C(O)C(c1ccc(Cl)cc1)c1ncc(C(F)(F)F)cc1Cl. The van der Waals surface area contributed by atoms with Gasteiger partial charge >= 0.3 is 12.1 Å². The summed E-state index contributed by atoms with van der Waals surface area (Å²) in [7, 11) is 0. The van der Waals surface area contributed by atoms with Crippen LogP contribution in [0.5, 0.6) is 0 Å². The van der Waals surface area contributed by atoms with Crippen LogP contribution in [0, 0.1) is 0 Å². The molecule has 0 fully saturated rings. The molecular formula is C14H8Cl2F3NO2. The Kier molecular flexibility index (Phi) is 4.63. The van der Waals surface area contributed by atoms with Crippen molar-refractivity contribution in [1.82, 2.24) is 4.98 Å². The monoisotopic (exact) mass is 349 g/mol. The van der Waals surface area contributed by atoms with Crippen molar-refractivity contribution in [3.05, 3.63) is 63.4 Å². The molecule has 0 saturated carbocycles. The molecule has 2 aromatic rings. The second-order valence-electron chi connectivity index (χ2n) is 4.41. The number of carbonyl (C=O) groups is 1. The third-order valence-electron chi connectivity index (χ3n) is 2.92. The average molecular weight is 350 g/mol. The standard InChI is InChI=1S/C14H8Cl2F3NO2/c15-9-3-1-7(2-4-9)11(13(21)22)12-10(16)5-8(6-20-12)14(17,18)19/h1-6,11H,(H,21,22). The van der Waals surface area contributed by atoms with Gasteiger partial charge in [0, 0.05) is 11.2 Å². The Labute approximate surface area is 133 Å². The lowest BCUT2D eigenvalue weighted by Crippen LogP contribution is -2.16. The van der Waals surface area contributed by atoms with Gasteiger partial charge < -0.3 is 5.11 Å². The molecular weight excluding hydrogens is 342 g/mol. The third kappa shape index (κ3) is 3.51. The summed E-state index contributed by atoms with van der Waals surface area (Å²) in [5, 5.41) is 9.39. The maximum Gasteiger partial charge on any atom is 0.417 e. The van der Waals surface area contributed by atoms with Crippen LogP contribution in [-0.4, -0.2) is 16.1 Å². The Balaban J connectivity index is 2.50. The van der Waals surface area contributed by atoms with E-state index in [-0.39, 0.29) is 10.7 Å². The van der Waals surface area contributed by atoms with Crippen molar-refractivity contribution in [2.75, 3.05) is 0 Å². The highest BCUT2D eigenvalue weighted by molar-refractivity contribution is 6.31. The maximum atomic E-state index is 12.6. The molecule has 1 aromatic heterocycles. The van der Waals surface area contributed by atoms with E-state index in [0.29, 0.717) is 22.8 Å². The molecule has 1 atom stereocenters. The van der Waals surface area contributed by atoms with E-state index >= 15 is 0 Å². The van der Waals surface area contributed by atoms with E-state index in [1.165, 1.54) is 24.3 Å². The number of aliphatic carboxylic acids is 1. The van der Waals surface area contributed by atoms with Crippen LogP contribution in [0.3, 0.4) is 0 Å². The van der Waals surface area contributed by atoms with E-state index in [4.69, 9.17) is 23.2 Å². The Hall–Kier alpha value is -1.79. The minimum Gasteiger partial charge on any atom is -0.480 e. The molecule has 1 N–H and O–H groups in total. The van der Waals surface area contributed by atoms with Crippen molar-refractivity contribution >= 4 is 29.2 Å². The van der Waals surface area contributed by atoms with Gasteiger partial charge in [0.15, 0.2) is 0 Å². The number of pyridine rings is 1. The average Bonchev–Trinajstić information content (AvgIpc) is 2.41. The topological polar surface area (TPSA) is 50.2 Å². The second-order valence-corrected chi connectivity index (χ2v) is 5.26. The number of carboxylic acid groups (broad SMARTS) is 1. The predicted molar refractivity (Wildman–Crippen MR) is 75.2 cm³/mol. The Bertz CT molecular complexity index is 702. The van der Waals surface area contributed by atoms with E-state index in [0.717, 1.165) is 0 Å². The number of hydrogen-bond donors (Lipinski definition) is 1. The molecule has 8 heteroatoms.